The smallest absolute Gasteiger partial charge is 0.264 e. The van der Waals surface area contributed by atoms with Crippen LogP contribution in [0.15, 0.2) is 30.3 Å². The summed E-state index contributed by atoms with van der Waals surface area (Å²) in [5.41, 5.74) is 0.839. The lowest BCUT2D eigenvalue weighted by molar-refractivity contribution is -0.917. The van der Waals surface area contributed by atoms with Crippen LogP contribution >= 0.6 is 11.3 Å². The third kappa shape index (κ3) is 4.11. The van der Waals surface area contributed by atoms with Crippen LogP contribution in [0.4, 0.5) is 4.39 Å². The third-order valence-electron chi connectivity index (χ3n) is 4.60. The quantitative estimate of drug-likeness (QED) is 0.806. The Morgan fingerprint density at radius 1 is 1.19 bits per heavy atom. The number of hydrogen-bond acceptors (Lipinski definition) is 4. The van der Waals surface area contributed by atoms with E-state index in [4.69, 9.17) is 4.74 Å². The van der Waals surface area contributed by atoms with Gasteiger partial charge in [-0.2, -0.15) is 0 Å². The van der Waals surface area contributed by atoms with Crippen molar-refractivity contribution in [2.24, 2.45) is 0 Å². The molecular formula is C19H22FN2O3S+. The summed E-state index contributed by atoms with van der Waals surface area (Å²) in [6.07, 6.45) is 0. The Balaban J connectivity index is 1.59. The third-order valence-corrected chi connectivity index (χ3v) is 5.78. The number of methoxy groups -OCH3 is 1. The Hall–Kier alpha value is -2.25. The van der Waals surface area contributed by atoms with Gasteiger partial charge in [-0.25, -0.2) is 4.39 Å². The lowest BCUT2D eigenvalue weighted by Crippen LogP contribution is -3.13. The highest BCUT2D eigenvalue weighted by atomic mass is 32.1. The second kappa shape index (κ2) is 7.97. The van der Waals surface area contributed by atoms with Crippen molar-refractivity contribution in [3.63, 3.8) is 0 Å². The van der Waals surface area contributed by atoms with Crippen LogP contribution in [0.2, 0.25) is 0 Å². The summed E-state index contributed by atoms with van der Waals surface area (Å²) < 4.78 is 18.8. The molecule has 0 aliphatic carbocycles. The first-order valence-corrected chi connectivity index (χ1v) is 9.35. The first-order chi connectivity index (χ1) is 12.5. The number of rotatable bonds is 5. The Labute approximate surface area is 156 Å². The van der Waals surface area contributed by atoms with E-state index in [1.807, 2.05) is 4.90 Å². The molecule has 5 nitrogen and oxygen atoms in total. The number of ether oxygens (including phenoxy) is 1. The minimum absolute atomic E-state index is 0.0210. The number of carbonyl (C=O) groups excluding carboxylic acids is 2. The van der Waals surface area contributed by atoms with Crippen molar-refractivity contribution in [3.8, 4) is 5.75 Å². The van der Waals surface area contributed by atoms with Gasteiger partial charge in [-0.3, -0.25) is 9.59 Å². The van der Waals surface area contributed by atoms with Gasteiger partial charge in [-0.1, -0.05) is 0 Å². The number of hydrogen-bond donors (Lipinski definition) is 1. The van der Waals surface area contributed by atoms with E-state index in [0.717, 1.165) is 18.7 Å². The Morgan fingerprint density at radius 2 is 1.88 bits per heavy atom. The highest BCUT2D eigenvalue weighted by molar-refractivity contribution is 7.15. The summed E-state index contributed by atoms with van der Waals surface area (Å²) in [5, 5.41) is 0. The lowest BCUT2D eigenvalue weighted by Gasteiger charge is -2.32. The number of thiophene rings is 1. The molecule has 1 saturated heterocycles. The van der Waals surface area contributed by atoms with Gasteiger partial charge in [0, 0.05) is 0 Å². The summed E-state index contributed by atoms with van der Waals surface area (Å²) in [6, 6.07) is 7.98. The molecule has 1 aliphatic rings. The minimum Gasteiger partial charge on any atom is -0.496 e. The molecule has 2 heterocycles. The molecule has 7 heteroatoms. The zero-order valence-corrected chi connectivity index (χ0v) is 15.7. The molecule has 1 aromatic heterocycles. The van der Waals surface area contributed by atoms with Crippen LogP contribution < -0.4 is 9.64 Å². The molecule has 0 spiro atoms. The molecule has 26 heavy (non-hydrogen) atoms. The predicted octanol–water partition coefficient (Wildman–Crippen LogP) is 1.64. The van der Waals surface area contributed by atoms with Gasteiger partial charge in [0.1, 0.15) is 18.1 Å². The number of Topliss-reactive ketones (excluding diaryl/α,β-unsaturated/α-hetero) is 1. The molecular weight excluding hydrogens is 355 g/mol. The van der Waals surface area contributed by atoms with E-state index >= 15 is 0 Å². The van der Waals surface area contributed by atoms with Gasteiger partial charge in [0.2, 0.25) is 0 Å². The second-order valence-corrected chi connectivity index (χ2v) is 7.48. The van der Waals surface area contributed by atoms with E-state index in [2.05, 4.69) is 0 Å². The molecule has 0 saturated carbocycles. The molecule has 1 N–H and O–H groups in total. The Kier molecular flexibility index (Phi) is 5.68. The van der Waals surface area contributed by atoms with Crippen LogP contribution in [-0.2, 0) is 6.54 Å². The van der Waals surface area contributed by atoms with E-state index < -0.39 is 0 Å². The molecule has 2 aromatic rings. The van der Waals surface area contributed by atoms with Crippen molar-refractivity contribution < 1.29 is 23.6 Å². The Morgan fingerprint density at radius 3 is 2.50 bits per heavy atom. The lowest BCUT2D eigenvalue weighted by atomic mass is 10.1. The van der Waals surface area contributed by atoms with Gasteiger partial charge >= 0.3 is 0 Å². The summed E-state index contributed by atoms with van der Waals surface area (Å²) >= 11 is 1.25. The summed E-state index contributed by atoms with van der Waals surface area (Å²) in [4.78, 5) is 28.3. The van der Waals surface area contributed by atoms with E-state index in [9.17, 15) is 14.0 Å². The molecule has 0 atom stereocenters. The highest BCUT2D eigenvalue weighted by Gasteiger charge is 2.26. The average molecular weight is 377 g/mol. The predicted molar refractivity (Wildman–Crippen MR) is 97.6 cm³/mol. The fourth-order valence-electron chi connectivity index (χ4n) is 3.16. The number of carbonyl (C=O) groups is 2. The number of quaternary nitrogens is 1. The summed E-state index contributed by atoms with van der Waals surface area (Å²) in [7, 11) is 1.58. The maximum Gasteiger partial charge on any atom is 0.264 e. The maximum atomic E-state index is 13.5. The van der Waals surface area contributed by atoms with Gasteiger partial charge in [0.15, 0.2) is 5.78 Å². The van der Waals surface area contributed by atoms with Crippen LogP contribution in [0.5, 0.6) is 5.75 Å². The van der Waals surface area contributed by atoms with Crippen molar-refractivity contribution in [1.82, 2.24) is 4.90 Å². The number of amides is 1. The van der Waals surface area contributed by atoms with Crippen LogP contribution in [-0.4, -0.2) is 49.9 Å². The van der Waals surface area contributed by atoms with E-state index in [0.29, 0.717) is 35.1 Å². The van der Waals surface area contributed by atoms with Crippen LogP contribution in [0.1, 0.15) is 31.8 Å². The fraction of sp³-hybridized carbons (Fsp3) is 0.368. The number of nitrogens with zero attached hydrogens (tertiary/aromatic N) is 1. The fourth-order valence-corrected chi connectivity index (χ4v) is 4.02. The number of halogens is 1. The van der Waals surface area contributed by atoms with Gasteiger partial charge in [-0.15, -0.1) is 11.3 Å². The first kappa shape index (κ1) is 18.5. The van der Waals surface area contributed by atoms with Crippen LogP contribution in [0.25, 0.3) is 0 Å². The molecule has 1 amide bonds. The first-order valence-electron chi connectivity index (χ1n) is 8.54. The van der Waals surface area contributed by atoms with E-state index in [-0.39, 0.29) is 17.5 Å². The molecule has 0 radical (unpaired) electrons. The van der Waals surface area contributed by atoms with Crippen LogP contribution in [0.3, 0.4) is 0 Å². The summed E-state index contributed by atoms with van der Waals surface area (Å²) in [6.45, 7) is 5.02. The second-order valence-electron chi connectivity index (χ2n) is 6.40. The largest absolute Gasteiger partial charge is 0.496 e. The topological polar surface area (TPSA) is 51.1 Å². The van der Waals surface area contributed by atoms with E-state index in [1.54, 1.807) is 25.3 Å². The maximum absolute atomic E-state index is 13.5. The monoisotopic (exact) mass is 377 g/mol. The van der Waals surface area contributed by atoms with E-state index in [1.165, 1.54) is 35.3 Å². The van der Waals surface area contributed by atoms with Crippen molar-refractivity contribution in [2.75, 3.05) is 33.3 Å². The molecule has 0 unspecified atom stereocenters. The minimum atomic E-state index is -0.270. The van der Waals surface area contributed by atoms with Crippen molar-refractivity contribution in [2.45, 2.75) is 13.5 Å². The zero-order valence-electron chi connectivity index (χ0n) is 14.9. The van der Waals surface area contributed by atoms with Crippen molar-refractivity contribution >= 4 is 23.0 Å². The Bertz CT molecular complexity index is 813. The normalized spacial score (nSPS) is 15.1. The number of piperazine rings is 1. The SMILES string of the molecule is COc1ccc(F)cc1C[NH+]1CCN(C(=O)c2ccc(C(C)=O)s2)CC1. The molecule has 1 aromatic carbocycles. The number of benzene rings is 1. The van der Waals surface area contributed by atoms with Gasteiger partial charge < -0.3 is 14.5 Å². The average Bonchev–Trinajstić information content (AvgIpc) is 3.12. The molecule has 3 rings (SSSR count). The molecule has 1 aliphatic heterocycles. The van der Waals surface area contributed by atoms with Crippen LogP contribution in [0, 0.1) is 5.82 Å². The van der Waals surface area contributed by atoms with Gasteiger partial charge in [-0.05, 0) is 37.3 Å². The van der Waals surface area contributed by atoms with Crippen molar-refractivity contribution in [1.29, 1.82) is 0 Å². The highest BCUT2D eigenvalue weighted by Crippen LogP contribution is 2.20. The number of nitrogens with one attached hydrogen (secondary N) is 1. The zero-order chi connectivity index (χ0) is 18.7. The summed E-state index contributed by atoms with van der Waals surface area (Å²) in [5.74, 6) is 0.373. The molecule has 0 bridgehead atoms. The number of ketones is 1. The standard InChI is InChI=1S/C19H21FN2O3S/c1-13(23)17-5-6-18(26-17)19(24)22-9-7-21(8-10-22)12-14-11-15(20)3-4-16(14)25-2/h3-6,11H,7-10,12H2,1-2H3/p+1. The molecule has 138 valence electrons. The van der Waals surface area contributed by atoms with Gasteiger partial charge in [0.25, 0.3) is 5.91 Å². The van der Waals surface area contributed by atoms with Gasteiger partial charge in [0.05, 0.1) is 48.6 Å². The van der Waals surface area contributed by atoms with Crippen molar-refractivity contribution in [3.05, 3.63) is 51.5 Å². The molecule has 1 fully saturated rings.